The Hall–Kier alpha value is -4.97. The fourth-order valence-corrected chi connectivity index (χ4v) is 4.13. The van der Waals surface area contributed by atoms with E-state index in [0.29, 0.717) is 52.3 Å². The molecule has 0 bridgehead atoms. The number of rotatable bonds is 13. The van der Waals surface area contributed by atoms with E-state index in [0.717, 1.165) is 11.3 Å². The molecule has 4 aromatic rings. The Morgan fingerprint density at radius 1 is 0.850 bits per heavy atom. The third-order valence-corrected chi connectivity index (χ3v) is 6.17. The van der Waals surface area contributed by atoms with Crippen LogP contribution in [0.3, 0.4) is 0 Å². The van der Waals surface area contributed by atoms with Gasteiger partial charge in [0.1, 0.15) is 29.7 Å². The number of aromatic nitrogens is 2. The summed E-state index contributed by atoms with van der Waals surface area (Å²) in [7, 11) is 3.14. The molecule has 0 atom stereocenters. The summed E-state index contributed by atoms with van der Waals surface area (Å²) in [6.45, 7) is 0.608. The van der Waals surface area contributed by atoms with Crippen LogP contribution < -0.4 is 29.7 Å². The van der Waals surface area contributed by atoms with Crippen LogP contribution in [-0.4, -0.2) is 55.7 Å². The van der Waals surface area contributed by atoms with Crippen LogP contribution in [0.2, 0.25) is 0 Å². The number of benzene rings is 3. The molecular formula is C28H27N5O6S. The van der Waals surface area contributed by atoms with Gasteiger partial charge in [0.25, 0.3) is 5.91 Å². The van der Waals surface area contributed by atoms with Gasteiger partial charge >= 0.3 is 0 Å². The van der Waals surface area contributed by atoms with E-state index in [-0.39, 0.29) is 23.4 Å². The Morgan fingerprint density at radius 3 is 2.25 bits per heavy atom. The highest BCUT2D eigenvalue weighted by molar-refractivity contribution is 7.15. The fraction of sp³-hybridized carbons (Fsp3) is 0.179. The monoisotopic (exact) mass is 561 g/mol. The molecule has 1 aromatic heterocycles. The summed E-state index contributed by atoms with van der Waals surface area (Å²) in [6.07, 6.45) is 1.45. The van der Waals surface area contributed by atoms with Gasteiger partial charge in [-0.05, 0) is 48.5 Å². The van der Waals surface area contributed by atoms with Gasteiger partial charge in [-0.1, -0.05) is 35.6 Å². The first-order chi connectivity index (χ1) is 19.6. The molecule has 0 saturated carbocycles. The van der Waals surface area contributed by atoms with Gasteiger partial charge in [-0.25, -0.2) is 5.43 Å². The Kier molecular flexibility index (Phi) is 10.00. The van der Waals surface area contributed by atoms with Crippen molar-refractivity contribution in [2.75, 3.05) is 32.8 Å². The lowest BCUT2D eigenvalue weighted by atomic mass is 10.2. The van der Waals surface area contributed by atoms with E-state index < -0.39 is 0 Å². The average molecular weight is 562 g/mol. The number of hydrogen-bond donors (Lipinski definition) is 2. The van der Waals surface area contributed by atoms with Gasteiger partial charge in [0.15, 0.2) is 11.5 Å². The minimum atomic E-state index is -0.385. The minimum absolute atomic E-state index is 0.0498. The number of hydrazone groups is 1. The summed E-state index contributed by atoms with van der Waals surface area (Å²) < 4.78 is 21.9. The lowest BCUT2D eigenvalue weighted by Crippen LogP contribution is -2.19. The van der Waals surface area contributed by atoms with Crippen LogP contribution in [0.5, 0.6) is 23.0 Å². The Labute approximate surface area is 234 Å². The van der Waals surface area contributed by atoms with Gasteiger partial charge in [-0.2, -0.15) is 5.10 Å². The minimum Gasteiger partial charge on any atom is -0.497 e. The lowest BCUT2D eigenvalue weighted by molar-refractivity contribution is -0.120. The smallest absolute Gasteiger partial charge is 0.257 e. The molecule has 4 rings (SSSR count). The number of carbonyl (C=O) groups is 2. The van der Waals surface area contributed by atoms with E-state index >= 15 is 0 Å². The van der Waals surface area contributed by atoms with Crippen LogP contribution in [0.1, 0.15) is 20.9 Å². The van der Waals surface area contributed by atoms with E-state index in [1.54, 1.807) is 44.6 Å². The van der Waals surface area contributed by atoms with Gasteiger partial charge < -0.3 is 18.9 Å². The fourth-order valence-electron chi connectivity index (χ4n) is 3.40. The summed E-state index contributed by atoms with van der Waals surface area (Å²) >= 11 is 1.10. The number of hydrogen-bond acceptors (Lipinski definition) is 10. The van der Waals surface area contributed by atoms with Gasteiger partial charge in [0, 0.05) is 11.1 Å². The maximum absolute atomic E-state index is 12.4. The summed E-state index contributed by atoms with van der Waals surface area (Å²) in [5.41, 5.74) is 3.59. The number of carbonyl (C=O) groups excluding carboxylic acids is 2. The molecule has 206 valence electrons. The molecule has 0 spiro atoms. The number of nitrogens with zero attached hydrogens (tertiary/aromatic N) is 3. The number of anilines is 1. The molecule has 2 amide bonds. The van der Waals surface area contributed by atoms with Crippen molar-refractivity contribution in [2.45, 2.75) is 6.42 Å². The number of methoxy groups -OCH3 is 2. The van der Waals surface area contributed by atoms with E-state index in [1.165, 1.54) is 6.21 Å². The lowest BCUT2D eigenvalue weighted by Gasteiger charge is -2.12. The molecule has 12 heteroatoms. The third-order valence-electron chi connectivity index (χ3n) is 5.33. The van der Waals surface area contributed by atoms with Crippen LogP contribution >= 0.6 is 11.3 Å². The maximum atomic E-state index is 12.4. The van der Waals surface area contributed by atoms with Gasteiger partial charge in [-0.3, -0.25) is 14.9 Å². The van der Waals surface area contributed by atoms with Crippen LogP contribution in [0.25, 0.3) is 0 Å². The van der Waals surface area contributed by atoms with Gasteiger partial charge in [0.05, 0.1) is 26.9 Å². The second-order valence-electron chi connectivity index (χ2n) is 8.04. The molecule has 0 aliphatic rings. The molecule has 0 unspecified atom stereocenters. The first-order valence-electron chi connectivity index (χ1n) is 12.1. The molecule has 1 heterocycles. The molecule has 2 N–H and O–H groups in total. The first kappa shape index (κ1) is 28.0. The zero-order chi connectivity index (χ0) is 28.2. The van der Waals surface area contributed by atoms with E-state index in [4.69, 9.17) is 18.9 Å². The zero-order valence-corrected chi connectivity index (χ0v) is 22.6. The second-order valence-corrected chi connectivity index (χ2v) is 9.10. The van der Waals surface area contributed by atoms with Crippen LogP contribution in [0, 0.1) is 0 Å². The first-order valence-corrected chi connectivity index (χ1v) is 12.9. The normalized spacial score (nSPS) is 10.7. The molecule has 0 aliphatic carbocycles. The summed E-state index contributed by atoms with van der Waals surface area (Å²) in [5, 5.41) is 15.3. The number of nitrogens with one attached hydrogen (secondary N) is 2. The molecule has 0 aliphatic heterocycles. The van der Waals surface area contributed by atoms with Crippen molar-refractivity contribution in [1.82, 2.24) is 15.6 Å². The predicted octanol–water partition coefficient (Wildman–Crippen LogP) is 3.96. The molecule has 3 aromatic carbocycles. The molecule has 0 saturated heterocycles. The molecule has 40 heavy (non-hydrogen) atoms. The van der Waals surface area contributed by atoms with Crippen molar-refractivity contribution >= 4 is 34.5 Å². The highest BCUT2D eigenvalue weighted by atomic mass is 32.1. The Balaban J connectivity index is 1.23. The average Bonchev–Trinajstić information content (AvgIpc) is 3.42. The van der Waals surface area contributed by atoms with Crippen molar-refractivity contribution in [3.05, 3.63) is 88.9 Å². The number of para-hydroxylation sites is 3. The highest BCUT2D eigenvalue weighted by Gasteiger charge is 2.13. The van der Waals surface area contributed by atoms with Crippen molar-refractivity contribution < 1.29 is 28.5 Å². The van der Waals surface area contributed by atoms with Crippen LogP contribution in [-0.2, 0) is 11.2 Å². The van der Waals surface area contributed by atoms with Crippen LogP contribution in [0.15, 0.2) is 77.9 Å². The van der Waals surface area contributed by atoms with Crippen LogP contribution in [0.4, 0.5) is 5.13 Å². The van der Waals surface area contributed by atoms with Gasteiger partial charge in [0.2, 0.25) is 11.0 Å². The summed E-state index contributed by atoms with van der Waals surface area (Å²) in [5.74, 6) is 1.79. The Morgan fingerprint density at radius 2 is 1.52 bits per heavy atom. The quantitative estimate of drug-likeness (QED) is 0.142. The van der Waals surface area contributed by atoms with E-state index in [9.17, 15) is 9.59 Å². The summed E-state index contributed by atoms with van der Waals surface area (Å²) in [6, 6.07) is 21.3. The maximum Gasteiger partial charge on any atom is 0.257 e. The van der Waals surface area contributed by atoms with Crippen molar-refractivity contribution in [1.29, 1.82) is 0 Å². The largest absolute Gasteiger partial charge is 0.497 e. The second kappa shape index (κ2) is 14.3. The topological polar surface area (TPSA) is 133 Å². The van der Waals surface area contributed by atoms with E-state index in [1.807, 2.05) is 42.5 Å². The third kappa shape index (κ3) is 8.01. The molecular weight excluding hydrogens is 534 g/mol. The number of ether oxygens (including phenoxy) is 4. The SMILES string of the molecule is COc1ccc(C(=O)Nc2nnc(CC(=O)N/N=C/c3ccccc3OCCOc3ccccc3OC)s2)cc1. The zero-order valence-electron chi connectivity index (χ0n) is 21.8. The van der Waals surface area contributed by atoms with Crippen molar-refractivity contribution in [2.24, 2.45) is 5.10 Å². The Bertz CT molecular complexity index is 1460. The van der Waals surface area contributed by atoms with Crippen molar-refractivity contribution in [3.63, 3.8) is 0 Å². The van der Waals surface area contributed by atoms with E-state index in [2.05, 4.69) is 26.0 Å². The summed E-state index contributed by atoms with van der Waals surface area (Å²) in [4.78, 5) is 24.7. The van der Waals surface area contributed by atoms with Gasteiger partial charge in [-0.15, -0.1) is 10.2 Å². The highest BCUT2D eigenvalue weighted by Crippen LogP contribution is 2.25. The molecule has 11 nitrogen and oxygen atoms in total. The molecule has 0 fully saturated rings. The van der Waals surface area contributed by atoms with Crippen molar-refractivity contribution in [3.8, 4) is 23.0 Å². The predicted molar refractivity (Wildman–Crippen MR) is 151 cm³/mol. The number of amides is 2. The standard InChI is InChI=1S/C28H27N5O6S/c1-36-21-13-11-19(12-14-21)27(35)30-28-33-32-26(40-28)17-25(34)31-29-18-20-7-3-4-8-22(20)38-15-16-39-24-10-6-5-9-23(24)37-2/h3-14,18H,15-17H2,1-2H3,(H,31,34)(H,30,33,35)/b29-18+. The molecule has 0 radical (unpaired) electrons.